The second-order valence-electron chi connectivity index (χ2n) is 2.74. The van der Waals surface area contributed by atoms with Crippen LogP contribution in [0.15, 0.2) is 0 Å². The van der Waals surface area contributed by atoms with Crippen molar-refractivity contribution in [1.29, 1.82) is 0 Å². The van der Waals surface area contributed by atoms with Crippen LogP contribution in [0.4, 0.5) is 0 Å². The molecule has 66 valence electrons. The highest BCUT2D eigenvalue weighted by Crippen LogP contribution is 2.08. The Balaban J connectivity index is 2.32. The van der Waals surface area contributed by atoms with E-state index in [1.54, 1.807) is 0 Å². The van der Waals surface area contributed by atoms with Gasteiger partial charge in [-0.15, -0.1) is 6.42 Å². The Morgan fingerprint density at radius 1 is 1.50 bits per heavy atom. The van der Waals surface area contributed by atoms with E-state index in [2.05, 4.69) is 5.32 Å². The first kappa shape index (κ1) is 9.27. The fourth-order valence-corrected chi connectivity index (χ4v) is 2.46. The highest BCUT2D eigenvalue weighted by atomic mass is 32.2. The Kier molecular flexibility index (Phi) is 3.30. The molecule has 12 heavy (non-hydrogen) atoms. The lowest BCUT2D eigenvalue weighted by molar-refractivity contribution is -0.116. The van der Waals surface area contributed by atoms with Gasteiger partial charge in [0.25, 0.3) is 5.91 Å². The summed E-state index contributed by atoms with van der Waals surface area (Å²) in [4.78, 5) is 10.7. The number of hydrogen-bond donors (Lipinski definition) is 1. The molecule has 4 heteroatoms. The molecular weight excluding hydrogens is 174 g/mol. The molecule has 0 aromatic rings. The number of hydrogen-bond acceptors (Lipinski definition) is 2. The van der Waals surface area contributed by atoms with Gasteiger partial charge in [-0.1, -0.05) is 0 Å². The standard InChI is InChI=1S/C8H11NO2S/c1-2-8(10)9-7-3-5-12(11)6-4-7/h1,7H,3-6H2,(H,9,10). The zero-order valence-electron chi connectivity index (χ0n) is 6.71. The quantitative estimate of drug-likeness (QED) is 0.567. The summed E-state index contributed by atoms with van der Waals surface area (Å²) in [6.07, 6.45) is 6.45. The third-order valence-corrected chi connectivity index (χ3v) is 3.24. The van der Waals surface area contributed by atoms with E-state index in [4.69, 9.17) is 6.42 Å². The summed E-state index contributed by atoms with van der Waals surface area (Å²) in [7, 11) is -0.681. The largest absolute Gasteiger partial charge is 0.342 e. The van der Waals surface area contributed by atoms with Gasteiger partial charge in [0.05, 0.1) is 0 Å². The molecule has 0 atom stereocenters. The summed E-state index contributed by atoms with van der Waals surface area (Å²) >= 11 is 0. The van der Waals surface area contributed by atoms with Crippen molar-refractivity contribution < 1.29 is 9.00 Å². The van der Waals surface area contributed by atoms with Crippen molar-refractivity contribution in [3.63, 3.8) is 0 Å². The van der Waals surface area contributed by atoms with E-state index in [0.29, 0.717) is 11.5 Å². The van der Waals surface area contributed by atoms with E-state index in [1.807, 2.05) is 5.92 Å². The molecule has 1 amide bonds. The first-order chi connectivity index (χ1) is 5.72. The Morgan fingerprint density at radius 3 is 2.58 bits per heavy atom. The van der Waals surface area contributed by atoms with Gasteiger partial charge < -0.3 is 5.32 Å². The van der Waals surface area contributed by atoms with Crippen LogP contribution < -0.4 is 5.32 Å². The van der Waals surface area contributed by atoms with Crippen LogP contribution in [0.5, 0.6) is 0 Å². The van der Waals surface area contributed by atoms with Crippen LogP contribution in [0, 0.1) is 12.3 Å². The van der Waals surface area contributed by atoms with Crippen LogP contribution in [0.1, 0.15) is 12.8 Å². The van der Waals surface area contributed by atoms with Crippen LogP contribution >= 0.6 is 0 Å². The third kappa shape index (κ3) is 2.67. The number of carbonyl (C=O) groups is 1. The molecule has 3 nitrogen and oxygen atoms in total. The lowest BCUT2D eigenvalue weighted by atomic mass is 10.1. The summed E-state index contributed by atoms with van der Waals surface area (Å²) < 4.78 is 10.9. The maximum Gasteiger partial charge on any atom is 0.295 e. The number of terminal acetylenes is 1. The summed E-state index contributed by atoms with van der Waals surface area (Å²) in [6.45, 7) is 0. The Morgan fingerprint density at radius 2 is 2.08 bits per heavy atom. The average Bonchev–Trinajstić information content (AvgIpc) is 2.09. The summed E-state index contributed by atoms with van der Waals surface area (Å²) in [6, 6.07) is 0.131. The molecule has 0 saturated carbocycles. The molecule has 0 aromatic carbocycles. The van der Waals surface area contributed by atoms with Crippen LogP contribution in [-0.2, 0) is 15.6 Å². The zero-order chi connectivity index (χ0) is 8.97. The fraction of sp³-hybridized carbons (Fsp3) is 0.625. The molecule has 1 heterocycles. The first-order valence-electron chi connectivity index (χ1n) is 3.84. The van der Waals surface area contributed by atoms with E-state index in [9.17, 15) is 9.00 Å². The summed E-state index contributed by atoms with van der Waals surface area (Å²) in [5, 5.41) is 2.68. The van der Waals surface area contributed by atoms with Gasteiger partial charge in [-0.25, -0.2) is 0 Å². The van der Waals surface area contributed by atoms with Crippen molar-refractivity contribution in [2.45, 2.75) is 18.9 Å². The predicted octanol–water partition coefficient (Wildman–Crippen LogP) is -0.353. The van der Waals surface area contributed by atoms with Gasteiger partial charge in [0.1, 0.15) is 0 Å². The Hall–Kier alpha value is -0.820. The number of nitrogens with one attached hydrogen (secondary N) is 1. The van der Waals surface area contributed by atoms with E-state index in [1.165, 1.54) is 0 Å². The zero-order valence-corrected chi connectivity index (χ0v) is 7.52. The second kappa shape index (κ2) is 4.27. The monoisotopic (exact) mass is 185 g/mol. The van der Waals surface area contributed by atoms with Gasteiger partial charge in [0.2, 0.25) is 0 Å². The molecule has 1 saturated heterocycles. The van der Waals surface area contributed by atoms with Gasteiger partial charge >= 0.3 is 0 Å². The lowest BCUT2D eigenvalue weighted by Gasteiger charge is -2.21. The molecule has 1 rings (SSSR count). The van der Waals surface area contributed by atoms with Crippen molar-refractivity contribution in [1.82, 2.24) is 5.32 Å². The molecular formula is C8H11NO2S. The third-order valence-electron chi connectivity index (χ3n) is 1.85. The Bertz CT molecular complexity index is 234. The molecule has 0 spiro atoms. The highest BCUT2D eigenvalue weighted by Gasteiger charge is 2.18. The van der Waals surface area contributed by atoms with E-state index in [-0.39, 0.29) is 11.9 Å². The molecule has 1 fully saturated rings. The summed E-state index contributed by atoms with van der Waals surface area (Å²) in [5.41, 5.74) is 0. The van der Waals surface area contributed by atoms with Crippen LogP contribution in [0.25, 0.3) is 0 Å². The molecule has 0 aliphatic carbocycles. The second-order valence-corrected chi connectivity index (χ2v) is 4.44. The topological polar surface area (TPSA) is 46.2 Å². The van der Waals surface area contributed by atoms with Crippen molar-refractivity contribution in [3.05, 3.63) is 0 Å². The van der Waals surface area contributed by atoms with Gasteiger partial charge in [0.15, 0.2) is 0 Å². The minimum Gasteiger partial charge on any atom is -0.342 e. The maximum absolute atomic E-state index is 10.9. The van der Waals surface area contributed by atoms with E-state index in [0.717, 1.165) is 12.8 Å². The maximum atomic E-state index is 10.9. The smallest absolute Gasteiger partial charge is 0.295 e. The molecule has 0 aromatic heterocycles. The van der Waals surface area contributed by atoms with Crippen molar-refractivity contribution in [2.75, 3.05) is 11.5 Å². The van der Waals surface area contributed by atoms with Gasteiger partial charge in [-0.2, -0.15) is 0 Å². The molecule has 1 aliphatic heterocycles. The number of rotatable bonds is 1. The average molecular weight is 185 g/mol. The minimum atomic E-state index is -0.681. The van der Waals surface area contributed by atoms with Crippen LogP contribution in [-0.4, -0.2) is 27.7 Å². The minimum absolute atomic E-state index is 0.131. The normalized spacial score (nSPS) is 28.9. The number of amides is 1. The summed E-state index contributed by atoms with van der Waals surface area (Å²) in [5.74, 6) is 2.98. The predicted molar refractivity (Wildman–Crippen MR) is 47.9 cm³/mol. The van der Waals surface area contributed by atoms with Gasteiger partial charge in [-0.05, 0) is 18.8 Å². The van der Waals surface area contributed by atoms with Gasteiger partial charge in [0, 0.05) is 28.3 Å². The molecule has 0 radical (unpaired) electrons. The van der Waals surface area contributed by atoms with Crippen molar-refractivity contribution >= 4 is 16.7 Å². The SMILES string of the molecule is C#CC(=O)NC1CCS(=O)CC1. The van der Waals surface area contributed by atoms with E-state index < -0.39 is 10.8 Å². The molecule has 0 bridgehead atoms. The lowest BCUT2D eigenvalue weighted by Crippen LogP contribution is -2.38. The van der Waals surface area contributed by atoms with Crippen LogP contribution in [0.2, 0.25) is 0 Å². The van der Waals surface area contributed by atoms with Crippen LogP contribution in [0.3, 0.4) is 0 Å². The fourth-order valence-electron chi connectivity index (χ4n) is 1.17. The van der Waals surface area contributed by atoms with Crippen molar-refractivity contribution in [3.8, 4) is 12.3 Å². The first-order valence-corrected chi connectivity index (χ1v) is 5.33. The Labute approximate surface area is 74.4 Å². The van der Waals surface area contributed by atoms with Crippen molar-refractivity contribution in [2.24, 2.45) is 0 Å². The molecule has 1 aliphatic rings. The molecule has 1 N–H and O–H groups in total. The van der Waals surface area contributed by atoms with Gasteiger partial charge in [-0.3, -0.25) is 9.00 Å². The van der Waals surface area contributed by atoms with E-state index >= 15 is 0 Å². The molecule has 0 unspecified atom stereocenters. The highest BCUT2D eigenvalue weighted by molar-refractivity contribution is 7.85. The number of carbonyl (C=O) groups excluding carboxylic acids is 1.